The van der Waals surface area contributed by atoms with Gasteiger partial charge in [-0.3, -0.25) is 0 Å². The predicted octanol–water partition coefficient (Wildman–Crippen LogP) is 16.1. The van der Waals surface area contributed by atoms with E-state index >= 15 is 0 Å². The normalized spacial score (nSPS) is 12.5. The van der Waals surface area contributed by atoms with Gasteiger partial charge >= 0.3 is 0 Å². The fourth-order valence-electron chi connectivity index (χ4n) is 10.7. The molecule has 4 heterocycles. The molecule has 6 heteroatoms. The third-order valence-electron chi connectivity index (χ3n) is 13.9. The van der Waals surface area contributed by atoms with Crippen LogP contribution in [0, 0.1) is 0 Å². The first kappa shape index (κ1) is 39.1. The highest BCUT2D eigenvalue weighted by molar-refractivity contribution is 6.13. The van der Waals surface area contributed by atoms with Crippen molar-refractivity contribution in [3.05, 3.63) is 230 Å². The number of para-hydroxylation sites is 3. The number of rotatable bonds is 7. The van der Waals surface area contributed by atoms with Crippen molar-refractivity contribution < 1.29 is 4.42 Å². The summed E-state index contributed by atoms with van der Waals surface area (Å²) in [5.41, 5.74) is 15.4. The van der Waals surface area contributed by atoms with Crippen LogP contribution in [0.4, 0.5) is 0 Å². The first-order chi connectivity index (χ1) is 34.2. The maximum absolute atomic E-state index is 7.08. The SMILES string of the molecule is C1=Cc2oc3c(-c4cccc(-n5c6ccccc6c6ccc(-c7ccccc7)cc65)c4-c4nc(-c5ccccc5)nc(-c5ccccc5)n4)cc(-n4c5ccccc5c5ccccc54)cc3c2CC1. The molecular formula is C63H41N5O. The van der Waals surface area contributed by atoms with Crippen molar-refractivity contribution in [1.29, 1.82) is 0 Å². The van der Waals surface area contributed by atoms with E-state index in [-0.39, 0.29) is 0 Å². The van der Waals surface area contributed by atoms with Crippen LogP contribution in [-0.4, -0.2) is 24.1 Å². The van der Waals surface area contributed by atoms with Gasteiger partial charge in [0, 0.05) is 54.9 Å². The molecule has 0 saturated carbocycles. The van der Waals surface area contributed by atoms with Gasteiger partial charge in [-0.2, -0.15) is 0 Å². The summed E-state index contributed by atoms with van der Waals surface area (Å²) in [6, 6.07) is 75.3. The third-order valence-corrected chi connectivity index (χ3v) is 13.9. The van der Waals surface area contributed by atoms with E-state index in [1.165, 1.54) is 16.3 Å². The van der Waals surface area contributed by atoms with Crippen LogP contribution in [-0.2, 0) is 6.42 Å². The maximum Gasteiger partial charge on any atom is 0.166 e. The summed E-state index contributed by atoms with van der Waals surface area (Å²) in [4.78, 5) is 16.2. The number of benzene rings is 9. The molecule has 0 unspecified atom stereocenters. The number of aryl methyl sites for hydroxylation is 1. The molecule has 0 radical (unpaired) electrons. The second-order valence-electron chi connectivity index (χ2n) is 17.8. The first-order valence-corrected chi connectivity index (χ1v) is 23.6. The average Bonchev–Trinajstić information content (AvgIpc) is 4.08. The molecule has 1 aliphatic rings. The topological polar surface area (TPSA) is 61.7 Å². The molecule has 0 atom stereocenters. The summed E-state index contributed by atoms with van der Waals surface area (Å²) < 4.78 is 11.9. The number of fused-ring (bicyclic) bond motifs is 9. The van der Waals surface area contributed by atoms with Crippen molar-refractivity contribution >= 4 is 60.7 Å². The number of allylic oxidation sites excluding steroid dienone is 1. The summed E-state index contributed by atoms with van der Waals surface area (Å²) in [6.45, 7) is 0. The smallest absolute Gasteiger partial charge is 0.166 e. The van der Waals surface area contributed by atoms with Gasteiger partial charge in [-0.25, -0.2) is 15.0 Å². The zero-order chi connectivity index (χ0) is 45.4. The highest BCUT2D eigenvalue weighted by Gasteiger charge is 2.27. The van der Waals surface area contributed by atoms with Crippen molar-refractivity contribution in [3.63, 3.8) is 0 Å². The zero-order valence-electron chi connectivity index (χ0n) is 37.4. The summed E-state index contributed by atoms with van der Waals surface area (Å²) in [6.07, 6.45) is 6.21. The number of nitrogens with zero attached hydrogens (tertiary/aromatic N) is 5. The lowest BCUT2D eigenvalue weighted by Gasteiger charge is -2.19. The molecule has 14 rings (SSSR count). The van der Waals surface area contributed by atoms with Crippen LogP contribution >= 0.6 is 0 Å². The lowest BCUT2D eigenvalue weighted by Crippen LogP contribution is -2.05. The highest BCUT2D eigenvalue weighted by Crippen LogP contribution is 2.47. The molecule has 0 amide bonds. The fourth-order valence-corrected chi connectivity index (χ4v) is 10.7. The van der Waals surface area contributed by atoms with Crippen LogP contribution < -0.4 is 0 Å². The Balaban J connectivity index is 1.14. The summed E-state index contributed by atoms with van der Waals surface area (Å²) in [5.74, 6) is 2.65. The molecule has 0 saturated heterocycles. The molecule has 13 aromatic rings. The Morgan fingerprint density at radius 3 is 1.58 bits per heavy atom. The van der Waals surface area contributed by atoms with Crippen molar-refractivity contribution in [2.45, 2.75) is 12.8 Å². The monoisotopic (exact) mass is 883 g/mol. The second kappa shape index (κ2) is 15.8. The van der Waals surface area contributed by atoms with E-state index in [4.69, 9.17) is 19.4 Å². The summed E-state index contributed by atoms with van der Waals surface area (Å²) in [7, 11) is 0. The van der Waals surface area contributed by atoms with Gasteiger partial charge in [0.25, 0.3) is 0 Å². The molecule has 4 aromatic heterocycles. The summed E-state index contributed by atoms with van der Waals surface area (Å²) in [5, 5.41) is 5.85. The van der Waals surface area contributed by atoms with Gasteiger partial charge < -0.3 is 13.6 Å². The van der Waals surface area contributed by atoms with E-state index in [0.717, 1.165) is 113 Å². The molecule has 6 nitrogen and oxygen atoms in total. The molecular weight excluding hydrogens is 843 g/mol. The van der Waals surface area contributed by atoms with Gasteiger partial charge in [0.1, 0.15) is 11.3 Å². The minimum absolute atomic E-state index is 0.560. The molecule has 9 aromatic carbocycles. The first-order valence-electron chi connectivity index (χ1n) is 23.6. The average molecular weight is 884 g/mol. The van der Waals surface area contributed by atoms with Gasteiger partial charge in [-0.1, -0.05) is 176 Å². The van der Waals surface area contributed by atoms with E-state index in [9.17, 15) is 0 Å². The number of aromatic nitrogens is 5. The lowest BCUT2D eigenvalue weighted by atomic mass is 9.93. The van der Waals surface area contributed by atoms with E-state index in [0.29, 0.717) is 17.5 Å². The van der Waals surface area contributed by atoms with E-state index in [2.05, 4.69) is 197 Å². The Morgan fingerprint density at radius 2 is 0.942 bits per heavy atom. The fraction of sp³-hybridized carbons (Fsp3) is 0.0317. The molecule has 0 aliphatic heterocycles. The Bertz CT molecular complexity index is 4070. The standard InChI is InChI=1S/C63H41N5O/c1-4-19-40(20-5-1)43-35-36-48-47-27-12-16-32-55(47)68(57(48)37-43)56-33-18-29-50(59(56)63-65-61(41-21-6-2-7-22-41)64-62(66-63)42-23-8-3-9-24-42)52-39-44(38-51-49-28-13-17-34-58(49)69-60(51)52)67-53-30-14-10-25-45(53)46-26-11-15-31-54(46)67/h1-12,14-27,29-39H,13,28H2. The van der Waals surface area contributed by atoms with Crippen molar-refractivity contribution in [3.8, 4) is 67.8 Å². The van der Waals surface area contributed by atoms with E-state index in [1.54, 1.807) is 0 Å². The quantitative estimate of drug-likeness (QED) is 0.160. The van der Waals surface area contributed by atoms with Gasteiger partial charge in [0.2, 0.25) is 0 Å². The van der Waals surface area contributed by atoms with Crippen LogP contribution in [0.3, 0.4) is 0 Å². The Morgan fingerprint density at radius 1 is 0.391 bits per heavy atom. The van der Waals surface area contributed by atoms with Crippen LogP contribution in [0.2, 0.25) is 0 Å². The number of hydrogen-bond acceptors (Lipinski definition) is 4. The highest BCUT2D eigenvalue weighted by atomic mass is 16.3. The van der Waals surface area contributed by atoms with Gasteiger partial charge in [-0.15, -0.1) is 0 Å². The molecule has 0 bridgehead atoms. The van der Waals surface area contributed by atoms with Crippen molar-refractivity contribution in [1.82, 2.24) is 24.1 Å². The van der Waals surface area contributed by atoms with Crippen molar-refractivity contribution in [2.75, 3.05) is 0 Å². The van der Waals surface area contributed by atoms with Crippen LogP contribution in [0.25, 0.3) is 128 Å². The van der Waals surface area contributed by atoms with Gasteiger partial charge in [0.05, 0.1) is 33.3 Å². The molecule has 0 N–H and O–H groups in total. The molecule has 0 spiro atoms. The lowest BCUT2D eigenvalue weighted by molar-refractivity contribution is 0.596. The van der Waals surface area contributed by atoms with Crippen LogP contribution in [0.1, 0.15) is 17.7 Å². The van der Waals surface area contributed by atoms with Crippen molar-refractivity contribution in [2.24, 2.45) is 0 Å². The molecule has 69 heavy (non-hydrogen) atoms. The zero-order valence-corrected chi connectivity index (χ0v) is 37.4. The molecule has 324 valence electrons. The second-order valence-corrected chi connectivity index (χ2v) is 17.8. The van der Waals surface area contributed by atoms with E-state index < -0.39 is 0 Å². The Kier molecular flexibility index (Phi) is 8.92. The van der Waals surface area contributed by atoms with E-state index in [1.807, 2.05) is 36.4 Å². The van der Waals surface area contributed by atoms with Gasteiger partial charge in [0.15, 0.2) is 17.5 Å². The number of hydrogen-bond donors (Lipinski definition) is 0. The minimum Gasteiger partial charge on any atom is -0.456 e. The predicted molar refractivity (Wildman–Crippen MR) is 283 cm³/mol. The minimum atomic E-state index is 0.560. The van der Waals surface area contributed by atoms with Gasteiger partial charge in [-0.05, 0) is 78.1 Å². The summed E-state index contributed by atoms with van der Waals surface area (Å²) >= 11 is 0. The Hall–Kier alpha value is -9.13. The molecule has 0 fully saturated rings. The Labute approximate surface area is 397 Å². The maximum atomic E-state index is 7.08. The molecule has 1 aliphatic carbocycles. The van der Waals surface area contributed by atoms with Crippen LogP contribution in [0.5, 0.6) is 0 Å². The van der Waals surface area contributed by atoms with Crippen LogP contribution in [0.15, 0.2) is 223 Å². The number of furan rings is 1. The third kappa shape index (κ3) is 6.30. The largest absolute Gasteiger partial charge is 0.456 e.